The van der Waals surface area contributed by atoms with Crippen molar-refractivity contribution in [2.45, 2.75) is 37.7 Å². The van der Waals surface area contributed by atoms with Crippen molar-refractivity contribution in [2.75, 3.05) is 19.7 Å². The molecule has 0 bridgehead atoms. The lowest BCUT2D eigenvalue weighted by Gasteiger charge is -2.44. The number of carbonyl (C=O) groups is 1. The number of amides is 2. The van der Waals surface area contributed by atoms with Crippen LogP contribution in [0.5, 0.6) is 0 Å². The molecule has 0 aromatic rings. The fourth-order valence-electron chi connectivity index (χ4n) is 2.53. The molecule has 0 atom stereocenters. The molecular formula is C10H18N2O2. The van der Waals surface area contributed by atoms with Crippen LogP contribution in [0.1, 0.15) is 32.1 Å². The van der Waals surface area contributed by atoms with Gasteiger partial charge in [-0.1, -0.05) is 19.3 Å². The van der Waals surface area contributed by atoms with E-state index in [-0.39, 0.29) is 11.6 Å². The molecule has 4 nitrogen and oxygen atoms in total. The van der Waals surface area contributed by atoms with E-state index in [9.17, 15) is 4.79 Å². The maximum absolute atomic E-state index is 11.1. The van der Waals surface area contributed by atoms with Gasteiger partial charge in [0.25, 0.3) is 0 Å². The second-order valence-electron chi connectivity index (χ2n) is 4.35. The van der Waals surface area contributed by atoms with E-state index in [2.05, 4.69) is 0 Å². The Morgan fingerprint density at radius 2 is 2.00 bits per heavy atom. The molecule has 80 valence electrons. The number of ether oxygens (including phenoxy) is 1. The summed E-state index contributed by atoms with van der Waals surface area (Å²) < 4.78 is 5.84. The zero-order valence-corrected chi connectivity index (χ0v) is 8.50. The fourth-order valence-corrected chi connectivity index (χ4v) is 2.53. The van der Waals surface area contributed by atoms with Crippen molar-refractivity contribution in [1.82, 2.24) is 4.90 Å². The van der Waals surface area contributed by atoms with E-state index in [1.165, 1.54) is 19.3 Å². The first-order valence-corrected chi connectivity index (χ1v) is 5.40. The zero-order valence-electron chi connectivity index (χ0n) is 8.50. The summed E-state index contributed by atoms with van der Waals surface area (Å²) in [5, 5.41) is 0. The number of hydrogen-bond donors (Lipinski definition) is 1. The molecule has 1 saturated heterocycles. The molecule has 1 heterocycles. The predicted octanol–water partition coefficient (Wildman–Crippen LogP) is 1.10. The van der Waals surface area contributed by atoms with Gasteiger partial charge in [0.15, 0.2) is 0 Å². The van der Waals surface area contributed by atoms with E-state index in [0.717, 1.165) is 12.8 Å². The summed E-state index contributed by atoms with van der Waals surface area (Å²) in [6.07, 6.45) is 5.88. The number of rotatable bonds is 0. The highest BCUT2D eigenvalue weighted by molar-refractivity contribution is 5.72. The van der Waals surface area contributed by atoms with Crippen molar-refractivity contribution in [1.29, 1.82) is 0 Å². The maximum atomic E-state index is 11.1. The van der Waals surface area contributed by atoms with Crippen LogP contribution < -0.4 is 5.73 Å². The van der Waals surface area contributed by atoms with E-state index < -0.39 is 0 Å². The summed E-state index contributed by atoms with van der Waals surface area (Å²) in [4.78, 5) is 12.8. The van der Waals surface area contributed by atoms with Gasteiger partial charge < -0.3 is 15.4 Å². The Balaban J connectivity index is 2.01. The normalized spacial score (nSPS) is 26.4. The Hall–Kier alpha value is -0.770. The van der Waals surface area contributed by atoms with Crippen LogP contribution in [0.4, 0.5) is 4.79 Å². The average molecular weight is 198 g/mol. The summed E-state index contributed by atoms with van der Waals surface area (Å²) >= 11 is 0. The molecule has 4 heteroatoms. The van der Waals surface area contributed by atoms with Crippen molar-refractivity contribution < 1.29 is 9.53 Å². The van der Waals surface area contributed by atoms with Gasteiger partial charge >= 0.3 is 6.03 Å². The molecule has 2 aliphatic rings. The maximum Gasteiger partial charge on any atom is 0.314 e. The molecule has 1 spiro atoms. The third-order valence-electron chi connectivity index (χ3n) is 3.32. The van der Waals surface area contributed by atoms with E-state index >= 15 is 0 Å². The third kappa shape index (κ3) is 1.85. The zero-order chi connectivity index (χ0) is 10.0. The monoisotopic (exact) mass is 198 g/mol. The molecule has 1 saturated carbocycles. The Morgan fingerprint density at radius 1 is 1.29 bits per heavy atom. The number of hydrogen-bond acceptors (Lipinski definition) is 2. The molecule has 2 N–H and O–H groups in total. The van der Waals surface area contributed by atoms with Gasteiger partial charge in [-0.2, -0.15) is 0 Å². The Bertz CT molecular complexity index is 219. The van der Waals surface area contributed by atoms with Crippen molar-refractivity contribution in [2.24, 2.45) is 5.73 Å². The van der Waals surface area contributed by atoms with Gasteiger partial charge in [-0.3, -0.25) is 0 Å². The number of urea groups is 1. The highest BCUT2D eigenvalue weighted by atomic mass is 16.5. The van der Waals surface area contributed by atoms with E-state index in [0.29, 0.717) is 19.7 Å². The molecule has 0 aromatic carbocycles. The lowest BCUT2D eigenvalue weighted by atomic mass is 9.83. The summed E-state index contributed by atoms with van der Waals surface area (Å²) in [6, 6.07) is -0.307. The molecule has 14 heavy (non-hydrogen) atoms. The smallest absolute Gasteiger partial charge is 0.314 e. The SMILES string of the molecule is NC(=O)N1CCOC2(CCCCC2)C1. The lowest BCUT2D eigenvalue weighted by Crippen LogP contribution is -2.55. The van der Waals surface area contributed by atoms with Crippen LogP contribution >= 0.6 is 0 Å². The minimum absolute atomic E-state index is 0.0640. The predicted molar refractivity (Wildman–Crippen MR) is 52.9 cm³/mol. The Morgan fingerprint density at radius 3 is 2.64 bits per heavy atom. The first-order chi connectivity index (χ1) is 6.72. The topological polar surface area (TPSA) is 55.6 Å². The van der Waals surface area contributed by atoms with Crippen LogP contribution in [-0.2, 0) is 4.74 Å². The minimum atomic E-state index is -0.307. The van der Waals surface area contributed by atoms with Gasteiger partial charge in [-0.15, -0.1) is 0 Å². The molecule has 0 aromatic heterocycles. The largest absolute Gasteiger partial charge is 0.371 e. The van der Waals surface area contributed by atoms with Crippen LogP contribution in [0.3, 0.4) is 0 Å². The van der Waals surface area contributed by atoms with Crippen molar-refractivity contribution in [3.8, 4) is 0 Å². The van der Waals surface area contributed by atoms with Gasteiger partial charge in [0, 0.05) is 6.54 Å². The van der Waals surface area contributed by atoms with Gasteiger partial charge in [-0.05, 0) is 12.8 Å². The summed E-state index contributed by atoms with van der Waals surface area (Å²) in [5.74, 6) is 0. The van der Waals surface area contributed by atoms with Gasteiger partial charge in [0.1, 0.15) is 0 Å². The van der Waals surface area contributed by atoms with Crippen molar-refractivity contribution in [3.05, 3.63) is 0 Å². The van der Waals surface area contributed by atoms with Gasteiger partial charge in [-0.25, -0.2) is 4.79 Å². The van der Waals surface area contributed by atoms with Crippen LogP contribution in [0.15, 0.2) is 0 Å². The number of primary amides is 1. The molecule has 1 aliphatic heterocycles. The van der Waals surface area contributed by atoms with Crippen LogP contribution in [0, 0.1) is 0 Å². The second kappa shape index (κ2) is 3.77. The van der Waals surface area contributed by atoms with Crippen molar-refractivity contribution >= 4 is 6.03 Å². The van der Waals surface area contributed by atoms with E-state index in [1.54, 1.807) is 4.90 Å². The minimum Gasteiger partial charge on any atom is -0.371 e. The first-order valence-electron chi connectivity index (χ1n) is 5.40. The first kappa shape index (κ1) is 9.77. The van der Waals surface area contributed by atoms with Crippen LogP contribution in [0.25, 0.3) is 0 Å². The summed E-state index contributed by atoms with van der Waals surface area (Å²) in [6.45, 7) is 1.99. The quantitative estimate of drug-likeness (QED) is 0.633. The molecule has 0 unspecified atom stereocenters. The van der Waals surface area contributed by atoms with Crippen LogP contribution in [-0.4, -0.2) is 36.2 Å². The number of morpholine rings is 1. The third-order valence-corrected chi connectivity index (χ3v) is 3.32. The molecule has 1 aliphatic carbocycles. The fraction of sp³-hybridized carbons (Fsp3) is 0.900. The van der Waals surface area contributed by atoms with E-state index in [4.69, 9.17) is 10.5 Å². The summed E-state index contributed by atoms with van der Waals surface area (Å²) in [7, 11) is 0. The van der Waals surface area contributed by atoms with Gasteiger partial charge in [0.05, 0.1) is 18.8 Å². The molecular weight excluding hydrogens is 180 g/mol. The average Bonchev–Trinajstić information content (AvgIpc) is 2.19. The van der Waals surface area contributed by atoms with Crippen molar-refractivity contribution in [3.63, 3.8) is 0 Å². The second-order valence-corrected chi connectivity index (χ2v) is 4.35. The highest BCUT2D eigenvalue weighted by Gasteiger charge is 2.38. The van der Waals surface area contributed by atoms with Gasteiger partial charge in [0.2, 0.25) is 0 Å². The van der Waals surface area contributed by atoms with Crippen LogP contribution in [0.2, 0.25) is 0 Å². The molecule has 2 rings (SSSR count). The number of nitrogens with two attached hydrogens (primary N) is 1. The number of carbonyl (C=O) groups excluding carboxylic acids is 1. The highest BCUT2D eigenvalue weighted by Crippen LogP contribution is 2.34. The Labute approximate surface area is 84.4 Å². The Kier molecular flexibility index (Phi) is 2.63. The standard InChI is InChI=1S/C10H18N2O2/c11-9(13)12-6-7-14-10(8-12)4-2-1-3-5-10/h1-8H2,(H2,11,13). The molecule has 2 amide bonds. The number of nitrogens with zero attached hydrogens (tertiary/aromatic N) is 1. The van der Waals surface area contributed by atoms with E-state index in [1.807, 2.05) is 0 Å². The molecule has 2 fully saturated rings. The lowest BCUT2D eigenvalue weighted by molar-refractivity contribution is -0.115. The summed E-state index contributed by atoms with van der Waals surface area (Å²) in [5.41, 5.74) is 5.22. The molecule has 0 radical (unpaired) electrons.